The Labute approximate surface area is 211 Å². The van der Waals surface area contributed by atoms with Gasteiger partial charge in [0.2, 0.25) is 5.91 Å². The third-order valence-corrected chi connectivity index (χ3v) is 6.31. The van der Waals surface area contributed by atoms with Crippen molar-refractivity contribution in [1.82, 2.24) is 9.47 Å². The maximum atomic E-state index is 13.2. The Balaban J connectivity index is 1.63. The van der Waals surface area contributed by atoms with Gasteiger partial charge in [-0.25, -0.2) is 4.79 Å². The fraction of sp³-hybridized carbons (Fsp3) is 0.310. The molecule has 2 heterocycles. The largest absolute Gasteiger partial charge is 0.493 e. The first-order chi connectivity index (χ1) is 17.5. The van der Waals surface area contributed by atoms with E-state index in [2.05, 4.69) is 51.8 Å². The first-order valence-electron chi connectivity index (χ1n) is 11.9. The molecule has 7 heteroatoms. The van der Waals surface area contributed by atoms with E-state index in [1.165, 1.54) is 18.2 Å². The molecule has 0 saturated heterocycles. The minimum Gasteiger partial charge on any atom is -0.493 e. The van der Waals surface area contributed by atoms with E-state index in [1.54, 1.807) is 18.8 Å². The molecule has 36 heavy (non-hydrogen) atoms. The van der Waals surface area contributed by atoms with Crippen LogP contribution < -0.4 is 9.47 Å². The van der Waals surface area contributed by atoms with Crippen LogP contribution in [0.2, 0.25) is 0 Å². The van der Waals surface area contributed by atoms with Crippen LogP contribution in [0.25, 0.3) is 16.5 Å². The standard InChI is InChI=1S/C29H30N2O5/c1-34-26-17-23-24(22-13-15-30(16-14-22)19-21-9-5-4-6-10-21)20-31(25(23)18-27(26)35-2)28(32)11-7-8-12-29(33)36-3/h4-6,9-10,13,17-18,20H,7,11,14-16,19H2,1-3H3. The normalized spacial score (nSPS) is 13.5. The van der Waals surface area contributed by atoms with E-state index in [1.807, 2.05) is 24.4 Å². The van der Waals surface area contributed by atoms with Gasteiger partial charge in [0.25, 0.3) is 0 Å². The zero-order valence-electron chi connectivity index (χ0n) is 20.9. The summed E-state index contributed by atoms with van der Waals surface area (Å²) in [6.45, 7) is 2.67. The van der Waals surface area contributed by atoms with E-state index in [0.29, 0.717) is 11.5 Å². The molecular weight excluding hydrogens is 456 g/mol. The van der Waals surface area contributed by atoms with Gasteiger partial charge in [-0.05, 0) is 23.6 Å². The van der Waals surface area contributed by atoms with Gasteiger partial charge in [-0.15, -0.1) is 0 Å². The Morgan fingerprint density at radius 1 is 1.03 bits per heavy atom. The van der Waals surface area contributed by atoms with Gasteiger partial charge in [-0.2, -0.15) is 0 Å². The molecule has 0 atom stereocenters. The molecule has 0 aliphatic carbocycles. The summed E-state index contributed by atoms with van der Waals surface area (Å²) in [6.07, 6.45) is 5.45. The van der Waals surface area contributed by atoms with Crippen molar-refractivity contribution in [2.75, 3.05) is 34.4 Å². The predicted octanol–water partition coefficient (Wildman–Crippen LogP) is 4.54. The Bertz CT molecular complexity index is 1340. The van der Waals surface area contributed by atoms with Crippen LogP contribution in [0.1, 0.15) is 35.2 Å². The average molecular weight is 487 g/mol. The SMILES string of the molecule is COC(=O)C#CCCC(=O)n1cc(C2=CCN(Cc3ccccc3)CC2)c2cc(OC)c(OC)cc21. The van der Waals surface area contributed by atoms with Crippen molar-refractivity contribution in [3.63, 3.8) is 0 Å². The molecule has 0 bridgehead atoms. The van der Waals surface area contributed by atoms with Crippen LogP contribution in [0, 0.1) is 11.8 Å². The molecule has 2 aromatic carbocycles. The molecule has 0 fully saturated rings. The molecule has 1 aliphatic rings. The summed E-state index contributed by atoms with van der Waals surface area (Å²) in [7, 11) is 4.46. The van der Waals surface area contributed by atoms with Crippen LogP contribution in [0.3, 0.4) is 0 Å². The molecule has 1 aromatic heterocycles. The molecule has 0 N–H and O–H groups in total. The van der Waals surface area contributed by atoms with Crippen molar-refractivity contribution >= 4 is 28.4 Å². The summed E-state index contributed by atoms with van der Waals surface area (Å²) in [5.41, 5.74) is 4.26. The summed E-state index contributed by atoms with van der Waals surface area (Å²) >= 11 is 0. The molecule has 1 aliphatic heterocycles. The molecule has 7 nitrogen and oxygen atoms in total. The van der Waals surface area contributed by atoms with Crippen LogP contribution >= 0.6 is 0 Å². The second kappa shape index (κ2) is 11.6. The van der Waals surface area contributed by atoms with Crippen molar-refractivity contribution < 1.29 is 23.8 Å². The number of aromatic nitrogens is 1. The van der Waals surface area contributed by atoms with Gasteiger partial charge < -0.3 is 14.2 Å². The fourth-order valence-electron chi connectivity index (χ4n) is 4.43. The Hall–Kier alpha value is -4.02. The van der Waals surface area contributed by atoms with Crippen LogP contribution in [0.5, 0.6) is 11.5 Å². The summed E-state index contributed by atoms with van der Waals surface area (Å²) in [6, 6.07) is 14.2. The van der Waals surface area contributed by atoms with Crippen LogP contribution in [0.15, 0.2) is 54.7 Å². The van der Waals surface area contributed by atoms with E-state index in [0.717, 1.165) is 42.5 Å². The lowest BCUT2D eigenvalue weighted by atomic mass is 9.98. The second-order valence-corrected chi connectivity index (χ2v) is 8.52. The minimum absolute atomic E-state index is 0.111. The summed E-state index contributed by atoms with van der Waals surface area (Å²) in [5.74, 6) is 5.51. The number of rotatable bonds is 7. The molecule has 0 amide bonds. The second-order valence-electron chi connectivity index (χ2n) is 8.52. The quantitative estimate of drug-likeness (QED) is 0.277. The van der Waals surface area contributed by atoms with Gasteiger partial charge in [-0.3, -0.25) is 14.3 Å². The highest BCUT2D eigenvalue weighted by molar-refractivity contribution is 6.01. The first kappa shape index (κ1) is 25.1. The molecule has 0 unspecified atom stereocenters. The highest BCUT2D eigenvalue weighted by Gasteiger charge is 2.21. The third-order valence-electron chi connectivity index (χ3n) is 6.31. The van der Waals surface area contributed by atoms with Crippen LogP contribution in [0.4, 0.5) is 0 Å². The molecule has 3 aromatic rings. The Kier molecular flexibility index (Phi) is 8.09. The van der Waals surface area contributed by atoms with Gasteiger partial charge in [-0.1, -0.05) is 42.3 Å². The van der Waals surface area contributed by atoms with Crippen LogP contribution in [-0.4, -0.2) is 55.8 Å². The van der Waals surface area contributed by atoms with Gasteiger partial charge >= 0.3 is 5.97 Å². The fourth-order valence-corrected chi connectivity index (χ4v) is 4.43. The van der Waals surface area contributed by atoms with Gasteiger partial charge in [0.15, 0.2) is 11.5 Å². The molecule has 186 valence electrons. The average Bonchev–Trinajstić information content (AvgIpc) is 3.29. The third kappa shape index (κ3) is 5.61. The minimum atomic E-state index is -0.612. The highest BCUT2D eigenvalue weighted by Crippen LogP contribution is 2.38. The molecule has 0 saturated carbocycles. The van der Waals surface area contributed by atoms with Crippen molar-refractivity contribution in [2.24, 2.45) is 0 Å². The van der Waals surface area contributed by atoms with Crippen molar-refractivity contribution in [3.05, 3.63) is 65.9 Å². The zero-order valence-corrected chi connectivity index (χ0v) is 20.9. The number of nitrogens with zero attached hydrogens (tertiary/aromatic N) is 2. The summed E-state index contributed by atoms with van der Waals surface area (Å²) in [5, 5.41) is 0.935. The molecular formula is C29H30N2O5. The highest BCUT2D eigenvalue weighted by atomic mass is 16.5. The van der Waals surface area contributed by atoms with E-state index in [4.69, 9.17) is 9.47 Å². The van der Waals surface area contributed by atoms with Gasteiger partial charge in [0, 0.05) is 61.6 Å². The number of esters is 1. The zero-order chi connectivity index (χ0) is 25.5. The summed E-state index contributed by atoms with van der Waals surface area (Å²) < 4.78 is 17.2. The predicted molar refractivity (Wildman–Crippen MR) is 139 cm³/mol. The molecule has 4 rings (SSSR count). The Morgan fingerprint density at radius 2 is 1.78 bits per heavy atom. The van der Waals surface area contributed by atoms with Gasteiger partial charge in [0.1, 0.15) is 0 Å². The maximum Gasteiger partial charge on any atom is 0.384 e. The van der Waals surface area contributed by atoms with Crippen molar-refractivity contribution in [2.45, 2.75) is 25.8 Å². The van der Waals surface area contributed by atoms with Gasteiger partial charge in [0.05, 0.1) is 26.8 Å². The lowest BCUT2D eigenvalue weighted by molar-refractivity contribution is -0.133. The topological polar surface area (TPSA) is 70.0 Å². The lowest BCUT2D eigenvalue weighted by Gasteiger charge is -2.26. The van der Waals surface area contributed by atoms with Crippen LogP contribution in [-0.2, 0) is 16.1 Å². The van der Waals surface area contributed by atoms with E-state index in [-0.39, 0.29) is 18.7 Å². The van der Waals surface area contributed by atoms with E-state index < -0.39 is 5.97 Å². The number of carbonyl (C=O) groups is 2. The Morgan fingerprint density at radius 3 is 2.44 bits per heavy atom. The lowest BCUT2D eigenvalue weighted by Crippen LogP contribution is -2.27. The van der Waals surface area contributed by atoms with E-state index >= 15 is 0 Å². The number of hydrogen-bond donors (Lipinski definition) is 0. The summed E-state index contributed by atoms with van der Waals surface area (Å²) in [4.78, 5) is 26.8. The smallest absolute Gasteiger partial charge is 0.384 e. The van der Waals surface area contributed by atoms with Crippen molar-refractivity contribution in [1.29, 1.82) is 0 Å². The van der Waals surface area contributed by atoms with E-state index in [9.17, 15) is 9.59 Å². The number of fused-ring (bicyclic) bond motifs is 1. The van der Waals surface area contributed by atoms with Crippen molar-refractivity contribution in [3.8, 4) is 23.3 Å². The maximum absolute atomic E-state index is 13.2. The number of benzene rings is 2. The number of hydrogen-bond acceptors (Lipinski definition) is 6. The number of carbonyl (C=O) groups excluding carboxylic acids is 2. The number of methoxy groups -OCH3 is 3. The molecule has 0 spiro atoms. The monoisotopic (exact) mass is 486 g/mol. The molecule has 0 radical (unpaired) electrons. The first-order valence-corrected chi connectivity index (χ1v) is 11.9. The number of ether oxygens (including phenoxy) is 3.